The topological polar surface area (TPSA) is 47.1 Å². The number of quaternary nitrogens is 1. The molecule has 4 rings (SSSR count). The van der Waals surface area contributed by atoms with E-state index in [4.69, 9.17) is 9.15 Å². The summed E-state index contributed by atoms with van der Waals surface area (Å²) < 4.78 is 10.9. The fraction of sp³-hybridized carbons (Fsp3) is 0.286. The molecule has 0 saturated carbocycles. The summed E-state index contributed by atoms with van der Waals surface area (Å²) in [7, 11) is 1.68. The van der Waals surface area contributed by atoms with Gasteiger partial charge in [0.1, 0.15) is 17.9 Å². The van der Waals surface area contributed by atoms with E-state index >= 15 is 0 Å². The van der Waals surface area contributed by atoms with Crippen molar-refractivity contribution < 1.29 is 18.8 Å². The summed E-state index contributed by atoms with van der Waals surface area (Å²) in [6.07, 6.45) is 0. The van der Waals surface area contributed by atoms with Gasteiger partial charge in [0.25, 0.3) is 5.91 Å². The molecule has 0 unspecified atom stereocenters. The zero-order chi connectivity index (χ0) is 17.9. The Kier molecular flexibility index (Phi) is 4.63. The summed E-state index contributed by atoms with van der Waals surface area (Å²) in [4.78, 5) is 16.1. The fourth-order valence-electron chi connectivity index (χ4n) is 3.48. The lowest BCUT2D eigenvalue weighted by molar-refractivity contribution is -0.917. The van der Waals surface area contributed by atoms with Crippen molar-refractivity contribution in [3.8, 4) is 5.75 Å². The van der Waals surface area contributed by atoms with Crippen LogP contribution in [-0.4, -0.2) is 44.1 Å². The number of carbonyl (C=O) groups is 1. The summed E-state index contributed by atoms with van der Waals surface area (Å²) in [5, 5.41) is 0.972. The number of amides is 1. The number of furan rings is 1. The maximum atomic E-state index is 12.7. The van der Waals surface area contributed by atoms with Gasteiger partial charge in [0.2, 0.25) is 0 Å². The van der Waals surface area contributed by atoms with Gasteiger partial charge in [-0.25, -0.2) is 0 Å². The number of benzene rings is 2. The average molecular weight is 351 g/mol. The molecule has 1 N–H and O–H groups in total. The van der Waals surface area contributed by atoms with Crippen LogP contribution in [0.25, 0.3) is 11.0 Å². The Balaban J connectivity index is 1.35. The van der Waals surface area contributed by atoms with Crippen molar-refractivity contribution in [2.75, 3.05) is 33.3 Å². The molecule has 134 valence electrons. The number of para-hydroxylation sites is 1. The quantitative estimate of drug-likeness (QED) is 0.782. The second-order valence-corrected chi connectivity index (χ2v) is 6.72. The Morgan fingerprint density at radius 2 is 1.85 bits per heavy atom. The molecule has 0 radical (unpaired) electrons. The van der Waals surface area contributed by atoms with Crippen molar-refractivity contribution in [1.82, 2.24) is 4.90 Å². The van der Waals surface area contributed by atoms with Gasteiger partial charge < -0.3 is 19.0 Å². The normalized spacial score (nSPS) is 15.3. The lowest BCUT2D eigenvalue weighted by atomic mass is 10.2. The maximum Gasteiger partial charge on any atom is 0.290 e. The van der Waals surface area contributed by atoms with E-state index < -0.39 is 0 Å². The molecule has 2 aromatic carbocycles. The molecule has 2 heterocycles. The number of carbonyl (C=O) groups excluding carboxylic acids is 1. The number of hydrogen-bond donors (Lipinski definition) is 1. The zero-order valence-corrected chi connectivity index (χ0v) is 14.9. The predicted molar refractivity (Wildman–Crippen MR) is 99.5 cm³/mol. The molecule has 5 heteroatoms. The number of nitrogens with one attached hydrogen (secondary N) is 1. The summed E-state index contributed by atoms with van der Waals surface area (Å²) in [6.45, 7) is 4.36. The van der Waals surface area contributed by atoms with Crippen molar-refractivity contribution in [1.29, 1.82) is 0 Å². The maximum absolute atomic E-state index is 12.7. The number of ether oxygens (including phenoxy) is 1. The highest BCUT2D eigenvalue weighted by molar-refractivity contribution is 5.96. The molecular weight excluding hydrogens is 328 g/mol. The van der Waals surface area contributed by atoms with Gasteiger partial charge in [0.15, 0.2) is 5.76 Å². The average Bonchev–Trinajstić information content (AvgIpc) is 3.13. The molecular formula is C21H23N2O3+. The monoisotopic (exact) mass is 351 g/mol. The second-order valence-electron chi connectivity index (χ2n) is 6.72. The van der Waals surface area contributed by atoms with Crippen LogP contribution in [0.15, 0.2) is 59.0 Å². The number of piperazine rings is 1. The van der Waals surface area contributed by atoms with Crippen molar-refractivity contribution in [3.05, 3.63) is 65.9 Å². The highest BCUT2D eigenvalue weighted by Crippen LogP contribution is 2.20. The van der Waals surface area contributed by atoms with Crippen LogP contribution in [0.2, 0.25) is 0 Å². The molecule has 5 nitrogen and oxygen atoms in total. The van der Waals surface area contributed by atoms with E-state index in [1.165, 1.54) is 10.5 Å². The van der Waals surface area contributed by atoms with E-state index in [-0.39, 0.29) is 5.91 Å². The second kappa shape index (κ2) is 7.22. The third-order valence-corrected chi connectivity index (χ3v) is 5.01. The van der Waals surface area contributed by atoms with Gasteiger partial charge in [-0.15, -0.1) is 0 Å². The van der Waals surface area contributed by atoms with Crippen LogP contribution in [0.4, 0.5) is 0 Å². The first-order valence-corrected chi connectivity index (χ1v) is 8.97. The van der Waals surface area contributed by atoms with Crippen molar-refractivity contribution in [2.24, 2.45) is 0 Å². The van der Waals surface area contributed by atoms with Crippen LogP contribution in [0.3, 0.4) is 0 Å². The predicted octanol–water partition coefficient (Wildman–Crippen LogP) is 1.98. The first-order chi connectivity index (χ1) is 12.7. The fourth-order valence-corrected chi connectivity index (χ4v) is 3.48. The Hall–Kier alpha value is -2.79. The highest BCUT2D eigenvalue weighted by Gasteiger charge is 2.26. The Morgan fingerprint density at radius 1 is 1.12 bits per heavy atom. The molecule has 1 aliphatic rings. The third kappa shape index (κ3) is 3.44. The van der Waals surface area contributed by atoms with E-state index in [2.05, 4.69) is 12.1 Å². The number of nitrogens with zero attached hydrogens (tertiary/aromatic N) is 1. The van der Waals surface area contributed by atoms with Gasteiger partial charge >= 0.3 is 0 Å². The molecule has 1 aromatic heterocycles. The van der Waals surface area contributed by atoms with Gasteiger partial charge in [-0.05, 0) is 36.4 Å². The van der Waals surface area contributed by atoms with Crippen molar-refractivity contribution in [3.63, 3.8) is 0 Å². The molecule has 1 amide bonds. The lowest BCUT2D eigenvalue weighted by Gasteiger charge is -2.31. The summed E-state index contributed by atoms with van der Waals surface area (Å²) in [6, 6.07) is 17.8. The third-order valence-electron chi connectivity index (χ3n) is 5.01. The molecule has 0 atom stereocenters. The lowest BCUT2D eigenvalue weighted by Crippen LogP contribution is -3.13. The van der Waals surface area contributed by atoms with Gasteiger partial charge in [-0.3, -0.25) is 4.79 Å². The largest absolute Gasteiger partial charge is 0.497 e. The molecule has 3 aromatic rings. The molecule has 1 saturated heterocycles. The van der Waals surface area contributed by atoms with Crippen molar-refractivity contribution >= 4 is 16.9 Å². The van der Waals surface area contributed by atoms with Crippen LogP contribution >= 0.6 is 0 Å². The summed E-state index contributed by atoms with van der Waals surface area (Å²) in [5.41, 5.74) is 2.05. The van der Waals surface area contributed by atoms with Crippen molar-refractivity contribution in [2.45, 2.75) is 6.54 Å². The number of hydrogen-bond acceptors (Lipinski definition) is 3. The Bertz CT molecular complexity index is 860. The zero-order valence-electron chi connectivity index (χ0n) is 14.9. The van der Waals surface area contributed by atoms with E-state index in [0.717, 1.165) is 49.4 Å². The first kappa shape index (κ1) is 16.7. The van der Waals surface area contributed by atoms with E-state index in [1.54, 1.807) is 7.11 Å². The Morgan fingerprint density at radius 3 is 2.54 bits per heavy atom. The smallest absolute Gasteiger partial charge is 0.290 e. The number of rotatable bonds is 4. The van der Waals surface area contributed by atoms with Crippen LogP contribution in [0.5, 0.6) is 5.75 Å². The summed E-state index contributed by atoms with van der Waals surface area (Å²) >= 11 is 0. The van der Waals surface area contributed by atoms with Crippen LogP contribution in [0, 0.1) is 0 Å². The van der Waals surface area contributed by atoms with Crippen LogP contribution in [-0.2, 0) is 6.54 Å². The molecule has 0 spiro atoms. The van der Waals surface area contributed by atoms with E-state index in [1.807, 2.05) is 47.4 Å². The minimum Gasteiger partial charge on any atom is -0.497 e. The van der Waals surface area contributed by atoms with Gasteiger partial charge in [0, 0.05) is 10.9 Å². The number of fused-ring (bicyclic) bond motifs is 1. The standard InChI is InChI=1S/C21H22N2O3/c1-25-18-8-6-16(7-9-18)15-22-10-12-23(13-11-22)21(24)20-14-17-4-2-3-5-19(17)26-20/h2-9,14H,10-13,15H2,1H3/p+1. The minimum absolute atomic E-state index is 0.00954. The van der Waals surface area contributed by atoms with Gasteiger partial charge in [0.05, 0.1) is 33.3 Å². The first-order valence-electron chi connectivity index (χ1n) is 8.97. The molecule has 1 aliphatic heterocycles. The van der Waals surface area contributed by atoms with E-state index in [9.17, 15) is 4.79 Å². The Labute approximate surface area is 152 Å². The molecule has 26 heavy (non-hydrogen) atoms. The van der Waals surface area contributed by atoms with Crippen LogP contribution < -0.4 is 9.64 Å². The van der Waals surface area contributed by atoms with Gasteiger partial charge in [-0.2, -0.15) is 0 Å². The van der Waals surface area contributed by atoms with E-state index in [0.29, 0.717) is 5.76 Å². The summed E-state index contributed by atoms with van der Waals surface area (Å²) in [5.74, 6) is 1.31. The number of methoxy groups -OCH3 is 1. The SMILES string of the molecule is COc1ccc(C[NH+]2CCN(C(=O)c3cc4ccccc4o3)CC2)cc1. The van der Waals surface area contributed by atoms with Gasteiger partial charge in [-0.1, -0.05) is 18.2 Å². The molecule has 0 bridgehead atoms. The minimum atomic E-state index is -0.00954. The molecule has 1 fully saturated rings. The van der Waals surface area contributed by atoms with Crippen LogP contribution in [0.1, 0.15) is 16.1 Å². The highest BCUT2D eigenvalue weighted by atomic mass is 16.5. The molecule has 0 aliphatic carbocycles.